The molecule has 1 aliphatic rings. The number of nitrogens with zero attached hydrogens (tertiary/aromatic N) is 4. The minimum atomic E-state index is -0.179. The number of pyridine rings is 1. The fraction of sp³-hybridized carbons (Fsp3) is 0.417. The van der Waals surface area contributed by atoms with Crippen LogP contribution in [-0.2, 0) is 20.0 Å². The zero-order valence-electron chi connectivity index (χ0n) is 17.5. The zero-order valence-corrected chi connectivity index (χ0v) is 17.5. The molecule has 5 heteroatoms. The second-order valence-electron chi connectivity index (χ2n) is 8.30. The number of hydrogen-bond acceptors (Lipinski definition) is 3. The Hall–Kier alpha value is -2.53. The number of likely N-dealkylation sites (tertiary alicyclic amines) is 1. The van der Waals surface area contributed by atoms with E-state index < -0.39 is 0 Å². The Morgan fingerprint density at radius 3 is 2.76 bits per heavy atom. The quantitative estimate of drug-likeness (QED) is 0.639. The minimum Gasteiger partial charge on any atom is -0.298 e. The first kappa shape index (κ1) is 19.8. The van der Waals surface area contributed by atoms with E-state index in [-0.39, 0.29) is 5.82 Å². The van der Waals surface area contributed by atoms with Crippen molar-refractivity contribution in [3.8, 4) is 0 Å². The molecule has 4 nitrogen and oxygen atoms in total. The predicted molar refractivity (Wildman–Crippen MR) is 113 cm³/mol. The number of rotatable bonds is 5. The summed E-state index contributed by atoms with van der Waals surface area (Å²) in [4.78, 5) is 7.38. The number of aryl methyl sites for hydroxylation is 2. The van der Waals surface area contributed by atoms with Gasteiger partial charge in [-0.25, -0.2) is 4.39 Å². The Morgan fingerprint density at radius 2 is 2.00 bits per heavy atom. The molecule has 0 radical (unpaired) electrons. The summed E-state index contributed by atoms with van der Waals surface area (Å²) >= 11 is 0. The average Bonchev–Trinajstić information content (AvgIpc) is 3.00. The number of benzene rings is 1. The molecule has 0 amide bonds. The fourth-order valence-corrected chi connectivity index (χ4v) is 4.34. The minimum absolute atomic E-state index is 0.179. The van der Waals surface area contributed by atoms with Crippen molar-refractivity contribution >= 4 is 0 Å². The molecule has 0 saturated carbocycles. The van der Waals surface area contributed by atoms with Crippen LogP contribution in [0, 0.1) is 19.7 Å². The van der Waals surface area contributed by atoms with E-state index in [9.17, 15) is 4.39 Å². The van der Waals surface area contributed by atoms with Gasteiger partial charge in [0.25, 0.3) is 0 Å². The van der Waals surface area contributed by atoms with Gasteiger partial charge in [-0.05, 0) is 75.0 Å². The van der Waals surface area contributed by atoms with E-state index >= 15 is 0 Å². The van der Waals surface area contributed by atoms with E-state index in [1.54, 1.807) is 12.1 Å². The van der Waals surface area contributed by atoms with Crippen LogP contribution >= 0.6 is 0 Å². The molecule has 1 atom stereocenters. The van der Waals surface area contributed by atoms with Crippen molar-refractivity contribution in [3.05, 3.63) is 82.2 Å². The van der Waals surface area contributed by atoms with Crippen LogP contribution in [0.1, 0.15) is 52.5 Å². The van der Waals surface area contributed by atoms with Gasteiger partial charge in [-0.2, -0.15) is 5.10 Å². The SMILES string of the molecule is Cc1cc(Cc2cccc(F)c2)cc([C@H]2CCCN(Cc3cnn(C)c3C)C2)n1. The molecule has 1 fully saturated rings. The van der Waals surface area contributed by atoms with Gasteiger partial charge in [0.1, 0.15) is 5.82 Å². The molecular formula is C24H29FN4. The molecule has 3 aromatic rings. The second-order valence-corrected chi connectivity index (χ2v) is 8.30. The van der Waals surface area contributed by atoms with Gasteiger partial charge < -0.3 is 0 Å². The van der Waals surface area contributed by atoms with Crippen molar-refractivity contribution in [2.24, 2.45) is 7.05 Å². The van der Waals surface area contributed by atoms with E-state index in [0.29, 0.717) is 5.92 Å². The van der Waals surface area contributed by atoms with E-state index in [1.807, 2.05) is 24.0 Å². The van der Waals surface area contributed by atoms with Gasteiger partial charge in [0.05, 0.1) is 6.20 Å². The molecule has 0 bridgehead atoms. The highest BCUT2D eigenvalue weighted by Crippen LogP contribution is 2.28. The summed E-state index contributed by atoms with van der Waals surface area (Å²) < 4.78 is 15.5. The monoisotopic (exact) mass is 392 g/mol. The average molecular weight is 393 g/mol. The number of hydrogen-bond donors (Lipinski definition) is 0. The van der Waals surface area contributed by atoms with Gasteiger partial charge in [-0.15, -0.1) is 0 Å². The third kappa shape index (κ3) is 4.73. The first-order valence-corrected chi connectivity index (χ1v) is 10.4. The summed E-state index contributed by atoms with van der Waals surface area (Å²) in [5.74, 6) is 0.258. The van der Waals surface area contributed by atoms with Gasteiger partial charge in [-0.3, -0.25) is 14.6 Å². The first-order chi connectivity index (χ1) is 14.0. The lowest BCUT2D eigenvalue weighted by molar-refractivity contribution is 0.198. The van der Waals surface area contributed by atoms with Crippen molar-refractivity contribution in [1.29, 1.82) is 0 Å². The van der Waals surface area contributed by atoms with E-state index in [2.05, 4.69) is 36.0 Å². The molecule has 0 aliphatic carbocycles. The smallest absolute Gasteiger partial charge is 0.123 e. The van der Waals surface area contributed by atoms with Crippen LogP contribution in [0.3, 0.4) is 0 Å². The van der Waals surface area contributed by atoms with Gasteiger partial charge >= 0.3 is 0 Å². The van der Waals surface area contributed by atoms with Gasteiger partial charge in [0.2, 0.25) is 0 Å². The molecule has 0 N–H and O–H groups in total. The van der Waals surface area contributed by atoms with Crippen LogP contribution in [0.15, 0.2) is 42.6 Å². The molecule has 3 heterocycles. The third-order valence-electron chi connectivity index (χ3n) is 5.98. The summed E-state index contributed by atoms with van der Waals surface area (Å²) in [7, 11) is 1.99. The van der Waals surface area contributed by atoms with Crippen LogP contribution < -0.4 is 0 Å². The van der Waals surface area contributed by atoms with Crippen molar-refractivity contribution in [2.45, 2.75) is 45.6 Å². The van der Waals surface area contributed by atoms with Crippen molar-refractivity contribution < 1.29 is 4.39 Å². The van der Waals surface area contributed by atoms with Gasteiger partial charge in [0.15, 0.2) is 0 Å². The molecule has 0 spiro atoms. The molecule has 1 saturated heterocycles. The summed E-state index contributed by atoms with van der Waals surface area (Å²) in [6, 6.07) is 11.2. The van der Waals surface area contributed by atoms with Crippen molar-refractivity contribution in [3.63, 3.8) is 0 Å². The molecular weight excluding hydrogens is 363 g/mol. The molecule has 29 heavy (non-hydrogen) atoms. The van der Waals surface area contributed by atoms with Crippen LogP contribution in [0.25, 0.3) is 0 Å². The first-order valence-electron chi connectivity index (χ1n) is 10.4. The fourth-order valence-electron chi connectivity index (χ4n) is 4.34. The van der Waals surface area contributed by atoms with Crippen LogP contribution in [0.2, 0.25) is 0 Å². The molecule has 152 valence electrons. The highest BCUT2D eigenvalue weighted by atomic mass is 19.1. The summed E-state index contributed by atoms with van der Waals surface area (Å²) in [6.45, 7) is 7.26. The predicted octanol–water partition coefficient (Wildman–Crippen LogP) is 4.54. The van der Waals surface area contributed by atoms with Crippen LogP contribution in [0.5, 0.6) is 0 Å². The Bertz CT molecular complexity index is 994. The molecule has 2 aromatic heterocycles. The lowest BCUT2D eigenvalue weighted by Gasteiger charge is -2.32. The Kier molecular flexibility index (Phi) is 5.76. The maximum absolute atomic E-state index is 13.5. The lowest BCUT2D eigenvalue weighted by Crippen LogP contribution is -2.34. The van der Waals surface area contributed by atoms with E-state index in [1.165, 1.54) is 41.4 Å². The Labute approximate surface area is 172 Å². The largest absolute Gasteiger partial charge is 0.298 e. The highest BCUT2D eigenvalue weighted by Gasteiger charge is 2.24. The maximum atomic E-state index is 13.5. The number of halogens is 1. The Morgan fingerprint density at radius 1 is 1.14 bits per heavy atom. The molecule has 1 aromatic carbocycles. The number of aromatic nitrogens is 3. The topological polar surface area (TPSA) is 34.0 Å². The summed E-state index contributed by atoms with van der Waals surface area (Å²) in [5, 5.41) is 4.38. The third-order valence-corrected chi connectivity index (χ3v) is 5.98. The van der Waals surface area contributed by atoms with Gasteiger partial charge in [-0.1, -0.05) is 12.1 Å². The molecule has 1 aliphatic heterocycles. The summed E-state index contributed by atoms with van der Waals surface area (Å²) in [6.07, 6.45) is 5.07. The molecule has 4 rings (SSSR count). The van der Waals surface area contributed by atoms with Crippen molar-refractivity contribution in [1.82, 2.24) is 19.7 Å². The van der Waals surface area contributed by atoms with Crippen molar-refractivity contribution in [2.75, 3.05) is 13.1 Å². The van der Waals surface area contributed by atoms with E-state index in [4.69, 9.17) is 4.98 Å². The highest BCUT2D eigenvalue weighted by molar-refractivity contribution is 5.30. The zero-order chi connectivity index (χ0) is 20.4. The van der Waals surface area contributed by atoms with Crippen LogP contribution in [0.4, 0.5) is 4.39 Å². The maximum Gasteiger partial charge on any atom is 0.123 e. The standard InChI is InChI=1S/C24H29FN4/c1-17-10-20(11-19-6-4-8-23(25)12-19)13-24(27-17)21-7-5-9-29(15-21)16-22-14-26-28(3)18(22)2/h4,6,8,10,12-14,21H,5,7,9,11,15-16H2,1-3H3/t21-/m0/s1. The normalized spacial score (nSPS) is 17.6. The second kappa shape index (κ2) is 8.46. The Balaban J connectivity index is 1.49. The van der Waals surface area contributed by atoms with Gasteiger partial charge in [0, 0.05) is 48.7 Å². The number of piperidine rings is 1. The summed E-state index contributed by atoms with van der Waals surface area (Å²) in [5.41, 5.74) is 6.95. The lowest BCUT2D eigenvalue weighted by atomic mass is 9.92. The van der Waals surface area contributed by atoms with Crippen LogP contribution in [-0.4, -0.2) is 32.8 Å². The molecule has 0 unspecified atom stereocenters. The van der Waals surface area contributed by atoms with E-state index in [0.717, 1.165) is 37.3 Å².